The summed E-state index contributed by atoms with van der Waals surface area (Å²) in [5.41, 5.74) is 6.55. The lowest BCUT2D eigenvalue weighted by atomic mass is 10.2. The van der Waals surface area contributed by atoms with Crippen LogP contribution in [0.1, 0.15) is 18.9 Å². The third-order valence-electron chi connectivity index (χ3n) is 3.39. The van der Waals surface area contributed by atoms with E-state index in [9.17, 15) is 8.42 Å². The van der Waals surface area contributed by atoms with Crippen molar-refractivity contribution in [3.8, 4) is 0 Å². The molecule has 1 atom stereocenters. The number of thioether (sulfide) groups is 1. The molecule has 0 fully saturated rings. The van der Waals surface area contributed by atoms with E-state index in [1.54, 1.807) is 30.9 Å². The van der Waals surface area contributed by atoms with E-state index in [1.165, 1.54) is 4.31 Å². The summed E-state index contributed by atoms with van der Waals surface area (Å²) >= 11 is 1.73. The number of nitrogens with two attached hydrogens (primary N) is 1. The molecule has 1 aromatic rings. The molecule has 1 unspecified atom stereocenters. The Hall–Kier alpha value is -0.560. The molecule has 1 aromatic carbocycles. The molecule has 0 radical (unpaired) electrons. The van der Waals surface area contributed by atoms with Gasteiger partial charge in [-0.15, -0.1) is 0 Å². The van der Waals surface area contributed by atoms with Crippen molar-refractivity contribution in [2.45, 2.75) is 30.7 Å². The van der Waals surface area contributed by atoms with Crippen LogP contribution in [0, 0.1) is 0 Å². The molecule has 1 rings (SSSR count). The maximum atomic E-state index is 12.5. The molecule has 0 aliphatic carbocycles. The van der Waals surface area contributed by atoms with Gasteiger partial charge in [0.2, 0.25) is 10.0 Å². The number of nitrogens with zero attached hydrogens (tertiary/aromatic N) is 1. The Balaban J connectivity index is 2.86. The maximum Gasteiger partial charge on any atom is 0.243 e. The second-order valence-electron chi connectivity index (χ2n) is 4.83. The van der Waals surface area contributed by atoms with Crippen molar-refractivity contribution in [3.63, 3.8) is 0 Å². The molecule has 6 heteroatoms. The summed E-state index contributed by atoms with van der Waals surface area (Å²) in [7, 11) is -1.76. The molecular formula is C14H24N2O2S2. The van der Waals surface area contributed by atoms with Crippen LogP contribution in [0.15, 0.2) is 29.2 Å². The lowest BCUT2D eigenvalue weighted by Crippen LogP contribution is -2.35. The van der Waals surface area contributed by atoms with Crippen LogP contribution in [0.4, 0.5) is 0 Å². The smallest absolute Gasteiger partial charge is 0.243 e. The topological polar surface area (TPSA) is 63.4 Å². The normalized spacial score (nSPS) is 13.7. The Morgan fingerprint density at radius 1 is 1.30 bits per heavy atom. The van der Waals surface area contributed by atoms with Gasteiger partial charge >= 0.3 is 0 Å². The molecule has 114 valence electrons. The van der Waals surface area contributed by atoms with Crippen LogP contribution in [-0.4, -0.2) is 44.4 Å². The van der Waals surface area contributed by atoms with Crippen LogP contribution in [0.5, 0.6) is 0 Å². The Bertz CT molecular complexity index is 500. The highest BCUT2D eigenvalue weighted by Gasteiger charge is 2.24. The molecule has 0 aliphatic heterocycles. The van der Waals surface area contributed by atoms with Crippen molar-refractivity contribution < 1.29 is 8.42 Å². The van der Waals surface area contributed by atoms with Crippen LogP contribution >= 0.6 is 11.8 Å². The fourth-order valence-corrected chi connectivity index (χ4v) is 3.84. The van der Waals surface area contributed by atoms with Gasteiger partial charge in [-0.05, 0) is 56.0 Å². The second kappa shape index (κ2) is 8.02. The van der Waals surface area contributed by atoms with Crippen LogP contribution in [-0.2, 0) is 16.4 Å². The predicted octanol–water partition coefficient (Wildman–Crippen LogP) is 1.95. The van der Waals surface area contributed by atoms with Crippen molar-refractivity contribution in [1.82, 2.24) is 4.31 Å². The Morgan fingerprint density at radius 3 is 2.40 bits per heavy atom. The van der Waals surface area contributed by atoms with E-state index in [2.05, 4.69) is 0 Å². The number of hydrogen-bond acceptors (Lipinski definition) is 4. The highest BCUT2D eigenvalue weighted by Crippen LogP contribution is 2.19. The molecule has 4 nitrogen and oxygen atoms in total. The fraction of sp³-hybridized carbons (Fsp3) is 0.571. The average molecular weight is 316 g/mol. The summed E-state index contributed by atoms with van der Waals surface area (Å²) in [6.07, 6.45) is 3.64. The van der Waals surface area contributed by atoms with Crippen molar-refractivity contribution in [2.24, 2.45) is 5.73 Å². The van der Waals surface area contributed by atoms with E-state index in [4.69, 9.17) is 5.73 Å². The van der Waals surface area contributed by atoms with Gasteiger partial charge in [0.15, 0.2) is 0 Å². The number of benzene rings is 1. The Kier molecular flexibility index (Phi) is 7.02. The van der Waals surface area contributed by atoms with Gasteiger partial charge in [-0.25, -0.2) is 8.42 Å². The zero-order valence-electron chi connectivity index (χ0n) is 12.4. The predicted molar refractivity (Wildman–Crippen MR) is 86.6 cm³/mol. The van der Waals surface area contributed by atoms with Gasteiger partial charge < -0.3 is 5.73 Å². The van der Waals surface area contributed by atoms with Crippen LogP contribution in [0.25, 0.3) is 0 Å². The molecule has 0 amide bonds. The number of sulfonamides is 1. The Morgan fingerprint density at radius 2 is 1.90 bits per heavy atom. The summed E-state index contributed by atoms with van der Waals surface area (Å²) in [5, 5.41) is 0. The molecular weight excluding hydrogens is 292 g/mol. The van der Waals surface area contributed by atoms with Gasteiger partial charge in [0.25, 0.3) is 0 Å². The highest BCUT2D eigenvalue weighted by atomic mass is 32.2. The molecule has 0 aliphatic rings. The molecule has 0 saturated heterocycles. The first-order valence-electron chi connectivity index (χ1n) is 6.69. The molecule has 20 heavy (non-hydrogen) atoms. The van der Waals surface area contributed by atoms with Gasteiger partial charge in [-0.1, -0.05) is 12.1 Å². The largest absolute Gasteiger partial charge is 0.330 e. The first-order valence-corrected chi connectivity index (χ1v) is 9.53. The summed E-state index contributed by atoms with van der Waals surface area (Å²) in [6, 6.07) is 6.99. The van der Waals surface area contributed by atoms with Gasteiger partial charge in [-0.3, -0.25) is 0 Å². The van der Waals surface area contributed by atoms with E-state index < -0.39 is 10.0 Å². The van der Waals surface area contributed by atoms with Crippen molar-refractivity contribution >= 4 is 21.8 Å². The monoisotopic (exact) mass is 316 g/mol. The quantitative estimate of drug-likeness (QED) is 0.796. The molecule has 0 aromatic heterocycles. The summed E-state index contributed by atoms with van der Waals surface area (Å²) in [6.45, 7) is 2.51. The van der Waals surface area contributed by atoms with Gasteiger partial charge in [0.05, 0.1) is 4.90 Å². The minimum Gasteiger partial charge on any atom is -0.330 e. The van der Waals surface area contributed by atoms with E-state index >= 15 is 0 Å². The van der Waals surface area contributed by atoms with E-state index in [-0.39, 0.29) is 6.04 Å². The maximum absolute atomic E-state index is 12.5. The standard InChI is InChI=1S/C14H24N2O2S2/c1-12(9-11-19-3)16(2)20(17,18)14-6-4-13(5-7-14)8-10-15/h4-7,12H,8-11,15H2,1-3H3. The molecule has 0 saturated carbocycles. The van der Waals surface area contributed by atoms with Crippen LogP contribution in [0.3, 0.4) is 0 Å². The fourth-order valence-electron chi connectivity index (χ4n) is 1.87. The third-order valence-corrected chi connectivity index (χ3v) is 6.02. The minimum absolute atomic E-state index is 0.00355. The van der Waals surface area contributed by atoms with Crippen LogP contribution in [0.2, 0.25) is 0 Å². The zero-order chi connectivity index (χ0) is 15.2. The van der Waals surface area contributed by atoms with Crippen molar-refractivity contribution in [1.29, 1.82) is 0 Å². The molecule has 0 bridgehead atoms. The van der Waals surface area contributed by atoms with E-state index in [1.807, 2.05) is 25.3 Å². The Labute approximate surface area is 126 Å². The third kappa shape index (κ3) is 4.48. The summed E-state index contributed by atoms with van der Waals surface area (Å²) in [5.74, 6) is 0.955. The first-order chi connectivity index (χ1) is 9.43. The van der Waals surface area contributed by atoms with Gasteiger partial charge in [0, 0.05) is 13.1 Å². The summed E-state index contributed by atoms with van der Waals surface area (Å²) in [4.78, 5) is 0.344. The average Bonchev–Trinajstić information content (AvgIpc) is 2.44. The molecule has 0 spiro atoms. The first kappa shape index (κ1) is 17.5. The second-order valence-corrected chi connectivity index (χ2v) is 7.82. The number of hydrogen-bond donors (Lipinski definition) is 1. The number of rotatable bonds is 8. The zero-order valence-corrected chi connectivity index (χ0v) is 14.0. The highest BCUT2D eigenvalue weighted by molar-refractivity contribution is 7.98. The lowest BCUT2D eigenvalue weighted by Gasteiger charge is -2.24. The van der Waals surface area contributed by atoms with E-state index in [0.717, 1.165) is 24.2 Å². The molecule has 0 heterocycles. The van der Waals surface area contributed by atoms with Crippen LogP contribution < -0.4 is 5.73 Å². The van der Waals surface area contributed by atoms with Gasteiger partial charge in [0.1, 0.15) is 0 Å². The van der Waals surface area contributed by atoms with E-state index in [0.29, 0.717) is 11.4 Å². The lowest BCUT2D eigenvalue weighted by molar-refractivity contribution is 0.382. The summed E-state index contributed by atoms with van der Waals surface area (Å²) < 4.78 is 26.5. The van der Waals surface area contributed by atoms with Crippen molar-refractivity contribution in [3.05, 3.63) is 29.8 Å². The minimum atomic E-state index is -3.41. The molecule has 2 N–H and O–H groups in total. The van der Waals surface area contributed by atoms with Gasteiger partial charge in [-0.2, -0.15) is 16.1 Å². The SMILES string of the molecule is CSCCC(C)N(C)S(=O)(=O)c1ccc(CCN)cc1. The van der Waals surface area contributed by atoms with Crippen molar-refractivity contribution in [2.75, 3.05) is 25.6 Å².